The summed E-state index contributed by atoms with van der Waals surface area (Å²) in [6.07, 6.45) is 6.09. The summed E-state index contributed by atoms with van der Waals surface area (Å²) in [5, 5.41) is 16.6. The number of aliphatic carboxylic acids is 1. The molecule has 36 heavy (non-hydrogen) atoms. The molecule has 192 valence electrons. The summed E-state index contributed by atoms with van der Waals surface area (Å²) >= 11 is 0. The molecule has 3 saturated heterocycles. The molecule has 3 aliphatic heterocycles. The largest absolute Gasteiger partial charge is 0.480 e. The summed E-state index contributed by atoms with van der Waals surface area (Å²) in [5.74, 6) is -1.82. The number of aromatic amines is 1. The van der Waals surface area contributed by atoms with Gasteiger partial charge in [-0.25, -0.2) is 4.79 Å². The minimum Gasteiger partial charge on any atom is -0.480 e. The molecule has 0 spiro atoms. The molecular formula is C26H33N5O5. The van der Waals surface area contributed by atoms with E-state index in [2.05, 4.69) is 15.6 Å². The molecule has 3 amide bonds. The Morgan fingerprint density at radius 1 is 0.972 bits per heavy atom. The first-order chi connectivity index (χ1) is 17.4. The summed E-state index contributed by atoms with van der Waals surface area (Å²) in [4.78, 5) is 58.2. The monoisotopic (exact) mass is 495 g/mol. The van der Waals surface area contributed by atoms with E-state index in [4.69, 9.17) is 0 Å². The molecule has 3 fully saturated rings. The van der Waals surface area contributed by atoms with Crippen molar-refractivity contribution in [3.05, 3.63) is 36.0 Å². The summed E-state index contributed by atoms with van der Waals surface area (Å²) in [5.41, 5.74) is 1.71. The molecule has 2 aromatic rings. The van der Waals surface area contributed by atoms with Gasteiger partial charge in [0.15, 0.2) is 0 Å². The first kappa shape index (κ1) is 24.3. The first-order valence-electron chi connectivity index (χ1n) is 12.9. The maximum Gasteiger partial charge on any atom is 0.326 e. The van der Waals surface area contributed by atoms with Crippen LogP contribution in [-0.4, -0.2) is 87.4 Å². The van der Waals surface area contributed by atoms with E-state index < -0.39 is 30.0 Å². The number of aromatic nitrogens is 1. The van der Waals surface area contributed by atoms with E-state index in [0.29, 0.717) is 32.4 Å². The Morgan fingerprint density at radius 3 is 2.42 bits per heavy atom. The summed E-state index contributed by atoms with van der Waals surface area (Å²) in [6.45, 7) is 1.78. The van der Waals surface area contributed by atoms with Gasteiger partial charge in [-0.15, -0.1) is 0 Å². The van der Waals surface area contributed by atoms with E-state index in [0.717, 1.165) is 42.3 Å². The maximum absolute atomic E-state index is 13.5. The van der Waals surface area contributed by atoms with Gasteiger partial charge in [0.25, 0.3) is 0 Å². The fourth-order valence-corrected chi connectivity index (χ4v) is 5.87. The van der Waals surface area contributed by atoms with Gasteiger partial charge in [-0.05, 0) is 56.7 Å². The third kappa shape index (κ3) is 4.69. The molecule has 10 heteroatoms. The maximum atomic E-state index is 13.5. The van der Waals surface area contributed by atoms with Gasteiger partial charge in [0, 0.05) is 36.6 Å². The normalized spacial score (nSPS) is 24.8. The van der Waals surface area contributed by atoms with Crippen LogP contribution in [0.3, 0.4) is 0 Å². The van der Waals surface area contributed by atoms with Crippen LogP contribution in [0.15, 0.2) is 30.5 Å². The molecule has 0 saturated carbocycles. The number of nitrogens with zero attached hydrogens (tertiary/aromatic N) is 2. The fourth-order valence-electron chi connectivity index (χ4n) is 5.87. The first-order valence-corrected chi connectivity index (χ1v) is 12.9. The van der Waals surface area contributed by atoms with Gasteiger partial charge in [0.1, 0.15) is 18.1 Å². The van der Waals surface area contributed by atoms with Crippen LogP contribution in [0.2, 0.25) is 0 Å². The Labute approximate surface area is 209 Å². The van der Waals surface area contributed by atoms with E-state index in [-0.39, 0.29) is 24.3 Å². The topological polar surface area (TPSA) is 135 Å². The van der Waals surface area contributed by atoms with Crippen LogP contribution in [0.1, 0.15) is 44.1 Å². The second kappa shape index (κ2) is 10.3. The Morgan fingerprint density at radius 2 is 1.69 bits per heavy atom. The Balaban J connectivity index is 1.26. The van der Waals surface area contributed by atoms with Crippen molar-refractivity contribution in [2.24, 2.45) is 0 Å². The van der Waals surface area contributed by atoms with E-state index in [1.54, 1.807) is 16.0 Å². The number of likely N-dealkylation sites (tertiary alicyclic amines) is 2. The lowest BCUT2D eigenvalue weighted by Gasteiger charge is -2.32. The highest BCUT2D eigenvalue weighted by Gasteiger charge is 2.44. The minimum absolute atomic E-state index is 0.0341. The average molecular weight is 496 g/mol. The minimum atomic E-state index is -1.12. The summed E-state index contributed by atoms with van der Waals surface area (Å²) in [7, 11) is 0. The van der Waals surface area contributed by atoms with Crippen molar-refractivity contribution in [3.63, 3.8) is 0 Å². The molecule has 4 heterocycles. The van der Waals surface area contributed by atoms with Gasteiger partial charge in [-0.3, -0.25) is 14.4 Å². The Kier molecular flexibility index (Phi) is 6.95. The third-order valence-electron chi connectivity index (χ3n) is 7.73. The third-order valence-corrected chi connectivity index (χ3v) is 7.73. The number of nitrogens with one attached hydrogen (secondary N) is 3. The smallest absolute Gasteiger partial charge is 0.326 e. The Hall–Kier alpha value is -3.40. The molecule has 4 atom stereocenters. The molecule has 5 rings (SSSR count). The number of carbonyl (C=O) groups is 4. The van der Waals surface area contributed by atoms with E-state index in [9.17, 15) is 24.3 Å². The second-order valence-electron chi connectivity index (χ2n) is 9.99. The highest BCUT2D eigenvalue weighted by atomic mass is 16.4. The standard InChI is InChI=1S/C26H33N5O5/c32-23(29-20(26(35)36)14-16-15-28-18-7-2-1-6-17(16)18)21-9-4-12-30(21)25(34)22-10-5-13-31(22)24(33)19-8-3-11-27-19/h1-2,6-7,15,19-22,27-28H,3-5,8-14H2,(H,29,32)(H,35,36). The average Bonchev–Trinajstić information content (AvgIpc) is 3.68. The van der Waals surface area contributed by atoms with Crippen molar-refractivity contribution in [2.45, 2.75) is 69.1 Å². The molecule has 0 bridgehead atoms. The quantitative estimate of drug-likeness (QED) is 0.453. The van der Waals surface area contributed by atoms with Crippen molar-refractivity contribution in [1.82, 2.24) is 25.4 Å². The van der Waals surface area contributed by atoms with Crippen molar-refractivity contribution >= 4 is 34.6 Å². The van der Waals surface area contributed by atoms with Gasteiger partial charge in [-0.1, -0.05) is 18.2 Å². The van der Waals surface area contributed by atoms with Crippen LogP contribution < -0.4 is 10.6 Å². The molecule has 4 N–H and O–H groups in total. The molecule has 1 aromatic heterocycles. The summed E-state index contributed by atoms with van der Waals surface area (Å²) < 4.78 is 0. The number of carboxylic acid groups (broad SMARTS) is 1. The number of rotatable bonds is 7. The number of amides is 3. The van der Waals surface area contributed by atoms with E-state index in [1.165, 1.54) is 0 Å². The molecule has 3 aliphatic rings. The van der Waals surface area contributed by atoms with Crippen LogP contribution in [0.5, 0.6) is 0 Å². The molecule has 4 unspecified atom stereocenters. The molecule has 0 radical (unpaired) electrons. The van der Waals surface area contributed by atoms with E-state index in [1.807, 2.05) is 24.3 Å². The van der Waals surface area contributed by atoms with Crippen LogP contribution in [0.4, 0.5) is 0 Å². The van der Waals surface area contributed by atoms with Gasteiger partial charge in [0.2, 0.25) is 17.7 Å². The lowest BCUT2D eigenvalue weighted by molar-refractivity contribution is -0.148. The van der Waals surface area contributed by atoms with Crippen LogP contribution in [0.25, 0.3) is 10.9 Å². The summed E-state index contributed by atoms with van der Waals surface area (Å²) in [6, 6.07) is 4.96. The predicted octanol–water partition coefficient (Wildman–Crippen LogP) is 1.01. The van der Waals surface area contributed by atoms with Gasteiger partial charge < -0.3 is 30.5 Å². The van der Waals surface area contributed by atoms with Gasteiger partial charge in [0.05, 0.1) is 6.04 Å². The van der Waals surface area contributed by atoms with Crippen LogP contribution in [0, 0.1) is 0 Å². The highest BCUT2D eigenvalue weighted by Crippen LogP contribution is 2.27. The SMILES string of the molecule is O=C(O)C(Cc1c[nH]c2ccccc12)NC(=O)C1CCCN1C(=O)C1CCCN1C(=O)C1CCCN1. The Bertz CT molecular complexity index is 1160. The highest BCUT2D eigenvalue weighted by molar-refractivity contribution is 5.95. The number of hydrogen-bond acceptors (Lipinski definition) is 5. The molecule has 10 nitrogen and oxygen atoms in total. The number of fused-ring (bicyclic) bond motifs is 1. The fraction of sp³-hybridized carbons (Fsp3) is 0.538. The van der Waals surface area contributed by atoms with Crippen molar-refractivity contribution in [3.8, 4) is 0 Å². The van der Waals surface area contributed by atoms with Gasteiger partial charge in [-0.2, -0.15) is 0 Å². The molecular weight excluding hydrogens is 462 g/mol. The second-order valence-corrected chi connectivity index (χ2v) is 9.99. The molecule has 0 aliphatic carbocycles. The predicted molar refractivity (Wildman–Crippen MR) is 132 cm³/mol. The zero-order chi connectivity index (χ0) is 25.2. The van der Waals surface area contributed by atoms with Crippen molar-refractivity contribution in [1.29, 1.82) is 0 Å². The van der Waals surface area contributed by atoms with Gasteiger partial charge >= 0.3 is 5.97 Å². The number of carbonyl (C=O) groups excluding carboxylic acids is 3. The van der Waals surface area contributed by atoms with Crippen LogP contribution >= 0.6 is 0 Å². The number of H-pyrrole nitrogens is 1. The lowest BCUT2D eigenvalue weighted by atomic mass is 10.0. The number of benzene rings is 1. The van der Waals surface area contributed by atoms with Crippen molar-refractivity contribution < 1.29 is 24.3 Å². The van der Waals surface area contributed by atoms with Crippen molar-refractivity contribution in [2.75, 3.05) is 19.6 Å². The lowest BCUT2D eigenvalue weighted by Crippen LogP contribution is -2.56. The number of para-hydroxylation sites is 1. The molecule has 1 aromatic carbocycles. The number of hydrogen-bond donors (Lipinski definition) is 4. The zero-order valence-corrected chi connectivity index (χ0v) is 20.2. The zero-order valence-electron chi connectivity index (χ0n) is 20.2. The number of carboxylic acids is 1. The van der Waals surface area contributed by atoms with E-state index >= 15 is 0 Å². The van der Waals surface area contributed by atoms with Crippen LogP contribution in [-0.2, 0) is 25.6 Å².